The molecule has 1 N–H and O–H groups in total. The van der Waals surface area contributed by atoms with E-state index in [0.29, 0.717) is 18.6 Å². The molecule has 4 nitrogen and oxygen atoms in total. The van der Waals surface area contributed by atoms with Crippen LogP contribution in [0, 0.1) is 11.6 Å². The van der Waals surface area contributed by atoms with Gasteiger partial charge in [-0.2, -0.15) is 0 Å². The zero-order chi connectivity index (χ0) is 16.5. The zero-order valence-electron chi connectivity index (χ0n) is 11.8. The lowest BCUT2D eigenvalue weighted by Gasteiger charge is -2.05. The van der Waals surface area contributed by atoms with Crippen LogP contribution in [-0.4, -0.2) is 24.3 Å². The van der Waals surface area contributed by atoms with Crippen LogP contribution in [0.2, 0.25) is 0 Å². The Labute approximate surface area is 126 Å². The molecule has 0 bridgehead atoms. The van der Waals surface area contributed by atoms with E-state index in [1.54, 1.807) is 13.0 Å². The van der Waals surface area contributed by atoms with Crippen molar-refractivity contribution >= 4 is 12.6 Å². The Morgan fingerprint density at radius 3 is 2.00 bits per heavy atom. The van der Waals surface area contributed by atoms with Gasteiger partial charge < -0.3 is 9.84 Å². The molecule has 0 spiro atoms. The van der Waals surface area contributed by atoms with Crippen molar-refractivity contribution in [1.29, 1.82) is 0 Å². The average molecular weight is 308 g/mol. The Kier molecular flexibility index (Phi) is 6.69. The van der Waals surface area contributed by atoms with E-state index in [2.05, 4.69) is 0 Å². The summed E-state index contributed by atoms with van der Waals surface area (Å²) < 4.78 is 30.4. The molecule has 0 heterocycles. The Balaban J connectivity index is 0.000000224. The van der Waals surface area contributed by atoms with Gasteiger partial charge in [0.05, 0.1) is 17.7 Å². The highest BCUT2D eigenvalue weighted by Gasteiger charge is 2.06. The van der Waals surface area contributed by atoms with Gasteiger partial charge in [-0.1, -0.05) is 12.1 Å². The largest absolute Gasteiger partial charge is 0.507 e. The topological polar surface area (TPSA) is 63.6 Å². The third-order valence-electron chi connectivity index (χ3n) is 2.58. The Morgan fingerprint density at radius 2 is 1.55 bits per heavy atom. The summed E-state index contributed by atoms with van der Waals surface area (Å²) in [5.41, 5.74) is -0.304. The lowest BCUT2D eigenvalue weighted by atomic mass is 10.2. The first-order chi connectivity index (χ1) is 10.5. The number of phenols is 1. The summed E-state index contributed by atoms with van der Waals surface area (Å²) in [7, 11) is 0. The fraction of sp³-hybridized carbons (Fsp3) is 0.125. The first kappa shape index (κ1) is 17.3. The van der Waals surface area contributed by atoms with Gasteiger partial charge in [-0.05, 0) is 31.2 Å². The summed E-state index contributed by atoms with van der Waals surface area (Å²) in [6, 6.07) is 8.00. The second-order valence-electron chi connectivity index (χ2n) is 3.99. The normalized spacial score (nSPS) is 9.41. The van der Waals surface area contributed by atoms with Crippen molar-refractivity contribution in [1.82, 2.24) is 0 Å². The van der Waals surface area contributed by atoms with Crippen molar-refractivity contribution in [3.8, 4) is 11.5 Å². The van der Waals surface area contributed by atoms with Gasteiger partial charge in [0, 0.05) is 0 Å². The van der Waals surface area contributed by atoms with Crippen molar-refractivity contribution in [2.24, 2.45) is 0 Å². The molecule has 0 saturated carbocycles. The Bertz CT molecular complexity index is 636. The first-order valence-corrected chi connectivity index (χ1v) is 6.34. The number of rotatable bonds is 4. The van der Waals surface area contributed by atoms with Crippen LogP contribution in [0.5, 0.6) is 11.5 Å². The Hall–Kier alpha value is -2.76. The fourth-order valence-corrected chi connectivity index (χ4v) is 1.56. The maximum Gasteiger partial charge on any atom is 0.156 e. The van der Waals surface area contributed by atoms with Gasteiger partial charge in [0.25, 0.3) is 0 Å². The highest BCUT2D eigenvalue weighted by molar-refractivity contribution is 5.79. The van der Waals surface area contributed by atoms with Gasteiger partial charge >= 0.3 is 0 Å². The summed E-state index contributed by atoms with van der Waals surface area (Å²) >= 11 is 0. The van der Waals surface area contributed by atoms with Gasteiger partial charge in [0.2, 0.25) is 0 Å². The van der Waals surface area contributed by atoms with Crippen LogP contribution >= 0.6 is 0 Å². The number of aromatic hydroxyl groups is 1. The van der Waals surface area contributed by atoms with Crippen molar-refractivity contribution in [2.45, 2.75) is 6.92 Å². The van der Waals surface area contributed by atoms with Gasteiger partial charge in [-0.15, -0.1) is 0 Å². The van der Waals surface area contributed by atoms with Gasteiger partial charge in [0.1, 0.15) is 23.1 Å². The number of aldehydes is 2. The SMILES string of the molecule is CCOc1cccc(F)c1C=O.O=Cc1c(O)cccc1F. The third kappa shape index (κ3) is 4.37. The lowest BCUT2D eigenvalue weighted by Crippen LogP contribution is -1.97. The van der Waals surface area contributed by atoms with Crippen LogP contribution in [0.4, 0.5) is 8.78 Å². The molecule has 0 amide bonds. The molecule has 0 fully saturated rings. The minimum Gasteiger partial charge on any atom is -0.507 e. The van der Waals surface area contributed by atoms with E-state index in [0.717, 1.165) is 6.07 Å². The molecule has 0 radical (unpaired) electrons. The van der Waals surface area contributed by atoms with Gasteiger partial charge in [-0.25, -0.2) is 8.78 Å². The maximum atomic E-state index is 12.9. The summed E-state index contributed by atoms with van der Waals surface area (Å²) in [4.78, 5) is 20.5. The van der Waals surface area contributed by atoms with Crippen LogP contribution in [-0.2, 0) is 0 Å². The van der Waals surface area contributed by atoms with E-state index in [1.165, 1.54) is 24.3 Å². The maximum absolute atomic E-state index is 12.9. The second-order valence-corrected chi connectivity index (χ2v) is 3.99. The summed E-state index contributed by atoms with van der Waals surface area (Å²) in [6.07, 6.45) is 0.741. The van der Waals surface area contributed by atoms with E-state index < -0.39 is 11.6 Å². The molecule has 6 heteroatoms. The van der Waals surface area contributed by atoms with E-state index >= 15 is 0 Å². The van der Waals surface area contributed by atoms with Crippen LogP contribution in [0.15, 0.2) is 36.4 Å². The molecule has 22 heavy (non-hydrogen) atoms. The van der Waals surface area contributed by atoms with Crippen LogP contribution < -0.4 is 4.74 Å². The summed E-state index contributed by atoms with van der Waals surface area (Å²) in [5.74, 6) is -1.27. The van der Waals surface area contributed by atoms with Crippen molar-refractivity contribution in [2.75, 3.05) is 6.61 Å². The first-order valence-electron chi connectivity index (χ1n) is 6.34. The van der Waals surface area contributed by atoms with Crippen molar-refractivity contribution in [3.05, 3.63) is 59.2 Å². The molecule has 0 aliphatic carbocycles. The quantitative estimate of drug-likeness (QED) is 0.879. The minimum absolute atomic E-state index is 0.0145. The fourth-order valence-electron chi connectivity index (χ4n) is 1.56. The molecule has 0 aliphatic heterocycles. The molecule has 2 aromatic carbocycles. The van der Waals surface area contributed by atoms with E-state index in [9.17, 15) is 18.4 Å². The van der Waals surface area contributed by atoms with E-state index in [1.807, 2.05) is 0 Å². The number of carbonyl (C=O) groups excluding carboxylic acids is 2. The van der Waals surface area contributed by atoms with E-state index in [4.69, 9.17) is 9.84 Å². The van der Waals surface area contributed by atoms with E-state index in [-0.39, 0.29) is 23.2 Å². The molecule has 0 saturated heterocycles. The molecule has 0 atom stereocenters. The highest BCUT2D eigenvalue weighted by atomic mass is 19.1. The Morgan fingerprint density at radius 1 is 1.00 bits per heavy atom. The predicted octanol–water partition coefficient (Wildman–Crippen LogP) is 3.38. The standard InChI is InChI=1S/C9H9FO2.C7H5FO2/c1-2-12-9-5-3-4-8(10)7(9)6-11;8-6-2-1-3-7(10)5(6)4-9/h3-6H,2H2,1H3;1-4,10H. The summed E-state index contributed by atoms with van der Waals surface area (Å²) in [5, 5.41) is 8.82. The summed E-state index contributed by atoms with van der Waals surface area (Å²) in [6.45, 7) is 2.20. The number of carbonyl (C=O) groups is 2. The third-order valence-corrected chi connectivity index (χ3v) is 2.58. The molecule has 2 rings (SSSR count). The molecule has 0 aliphatic rings. The number of phenolic OH excluding ortho intramolecular Hbond substituents is 1. The molecular formula is C16H14F2O4. The van der Waals surface area contributed by atoms with Crippen LogP contribution in [0.3, 0.4) is 0 Å². The number of hydrogen-bond donors (Lipinski definition) is 1. The second kappa shape index (κ2) is 8.51. The molecule has 2 aromatic rings. The van der Waals surface area contributed by atoms with Crippen molar-refractivity contribution in [3.63, 3.8) is 0 Å². The monoisotopic (exact) mass is 308 g/mol. The number of halogens is 2. The number of hydrogen-bond acceptors (Lipinski definition) is 4. The molecular weight excluding hydrogens is 294 g/mol. The number of ether oxygens (including phenoxy) is 1. The molecule has 0 aromatic heterocycles. The zero-order valence-corrected chi connectivity index (χ0v) is 11.8. The predicted molar refractivity (Wildman–Crippen MR) is 76.4 cm³/mol. The molecule has 116 valence electrons. The molecule has 0 unspecified atom stereocenters. The van der Waals surface area contributed by atoms with Crippen LogP contribution in [0.25, 0.3) is 0 Å². The average Bonchev–Trinajstić information content (AvgIpc) is 2.49. The van der Waals surface area contributed by atoms with Gasteiger partial charge in [-0.3, -0.25) is 9.59 Å². The highest BCUT2D eigenvalue weighted by Crippen LogP contribution is 2.19. The van der Waals surface area contributed by atoms with Crippen molar-refractivity contribution < 1.29 is 28.2 Å². The lowest BCUT2D eigenvalue weighted by molar-refractivity contribution is 0.110. The van der Waals surface area contributed by atoms with Gasteiger partial charge in [0.15, 0.2) is 12.6 Å². The van der Waals surface area contributed by atoms with Crippen LogP contribution in [0.1, 0.15) is 27.6 Å². The smallest absolute Gasteiger partial charge is 0.156 e. The number of benzene rings is 2. The minimum atomic E-state index is -0.699.